The van der Waals surface area contributed by atoms with Gasteiger partial charge in [0.15, 0.2) is 0 Å². The quantitative estimate of drug-likeness (QED) is 0.862. The monoisotopic (exact) mass is 363 g/mol. The van der Waals surface area contributed by atoms with E-state index >= 15 is 0 Å². The maximum absolute atomic E-state index is 12.0. The van der Waals surface area contributed by atoms with Crippen LogP contribution in [0.25, 0.3) is 0 Å². The summed E-state index contributed by atoms with van der Waals surface area (Å²) in [5.41, 5.74) is 0.164. The van der Waals surface area contributed by atoms with Crippen LogP contribution in [0.1, 0.15) is 30.6 Å². The van der Waals surface area contributed by atoms with Crippen molar-refractivity contribution in [3.8, 4) is 0 Å². The molecular formula is C12H15Br2NO2. The lowest BCUT2D eigenvalue weighted by molar-refractivity contribution is 0.0898. The summed E-state index contributed by atoms with van der Waals surface area (Å²) in [6.45, 7) is 3.82. The number of carbonyl (C=O) groups is 1. The molecule has 1 amide bonds. The van der Waals surface area contributed by atoms with Gasteiger partial charge in [-0.2, -0.15) is 0 Å². The molecule has 1 aromatic carbocycles. The molecule has 0 bridgehead atoms. The molecule has 0 radical (unpaired) electrons. The zero-order valence-electron chi connectivity index (χ0n) is 9.76. The average Bonchev–Trinajstić information content (AvgIpc) is 2.15. The van der Waals surface area contributed by atoms with E-state index in [1.807, 2.05) is 26.0 Å². The van der Waals surface area contributed by atoms with Crippen molar-refractivity contribution in [3.63, 3.8) is 0 Å². The van der Waals surface area contributed by atoms with Gasteiger partial charge in [-0.3, -0.25) is 4.79 Å². The van der Waals surface area contributed by atoms with Gasteiger partial charge < -0.3 is 10.4 Å². The second kappa shape index (κ2) is 5.98. The lowest BCUT2D eigenvalue weighted by Crippen LogP contribution is -2.44. The van der Waals surface area contributed by atoms with E-state index in [0.717, 1.165) is 8.95 Å². The van der Waals surface area contributed by atoms with Gasteiger partial charge in [0.1, 0.15) is 0 Å². The molecule has 94 valence electrons. The van der Waals surface area contributed by atoms with Crippen molar-refractivity contribution in [1.29, 1.82) is 0 Å². The molecule has 5 heteroatoms. The first-order valence-electron chi connectivity index (χ1n) is 5.24. The van der Waals surface area contributed by atoms with Gasteiger partial charge in [-0.25, -0.2) is 0 Å². The molecule has 0 saturated heterocycles. The number of nitrogens with one attached hydrogen (secondary N) is 1. The zero-order valence-corrected chi connectivity index (χ0v) is 12.9. The summed E-state index contributed by atoms with van der Waals surface area (Å²) in [4.78, 5) is 12.0. The fraction of sp³-hybridized carbons (Fsp3) is 0.417. The van der Waals surface area contributed by atoms with Crippen LogP contribution in [0.3, 0.4) is 0 Å². The van der Waals surface area contributed by atoms with Gasteiger partial charge in [-0.1, -0.05) is 15.9 Å². The fourth-order valence-corrected chi connectivity index (χ4v) is 2.62. The number of rotatable bonds is 4. The van der Waals surface area contributed by atoms with Gasteiger partial charge in [0.05, 0.1) is 5.56 Å². The van der Waals surface area contributed by atoms with E-state index in [2.05, 4.69) is 37.2 Å². The third-order valence-corrected chi connectivity index (χ3v) is 3.51. The Hall–Kier alpha value is -0.390. The molecule has 0 aliphatic heterocycles. The first-order valence-corrected chi connectivity index (χ1v) is 6.83. The summed E-state index contributed by atoms with van der Waals surface area (Å²) in [5, 5.41) is 11.8. The Morgan fingerprint density at radius 3 is 2.59 bits per heavy atom. The maximum atomic E-state index is 12.0. The number of hydrogen-bond acceptors (Lipinski definition) is 2. The Morgan fingerprint density at radius 1 is 1.41 bits per heavy atom. The first-order chi connectivity index (χ1) is 7.85. The first kappa shape index (κ1) is 14.7. The highest BCUT2D eigenvalue weighted by Gasteiger charge is 2.21. The number of benzene rings is 1. The molecular weight excluding hydrogens is 350 g/mol. The minimum absolute atomic E-state index is 0.0504. The zero-order chi connectivity index (χ0) is 13.1. The Labute approximate surface area is 118 Å². The summed E-state index contributed by atoms with van der Waals surface area (Å²) in [7, 11) is 0. The standard InChI is InChI=1S/C12H15Br2NO2/c1-12(2,5-6-16)15-11(17)9-4-3-8(13)7-10(9)14/h3-4,7,16H,5-6H2,1-2H3,(H,15,17). The Kier molecular flexibility index (Phi) is 5.16. The molecule has 0 atom stereocenters. The summed E-state index contributed by atoms with van der Waals surface area (Å²) in [6.07, 6.45) is 0.521. The Bertz CT molecular complexity index is 419. The van der Waals surface area contributed by atoms with E-state index in [-0.39, 0.29) is 12.5 Å². The predicted molar refractivity (Wildman–Crippen MR) is 75.1 cm³/mol. The number of carbonyl (C=O) groups excluding carboxylic acids is 1. The Morgan fingerprint density at radius 2 is 2.06 bits per heavy atom. The van der Waals surface area contributed by atoms with Crippen molar-refractivity contribution in [2.24, 2.45) is 0 Å². The van der Waals surface area contributed by atoms with Crippen molar-refractivity contribution in [3.05, 3.63) is 32.7 Å². The van der Waals surface area contributed by atoms with Gasteiger partial charge in [0.25, 0.3) is 5.91 Å². The molecule has 0 heterocycles. The van der Waals surface area contributed by atoms with Gasteiger partial charge in [-0.05, 0) is 54.4 Å². The molecule has 0 saturated carbocycles. The molecule has 0 aliphatic carbocycles. The third-order valence-electron chi connectivity index (χ3n) is 2.36. The summed E-state index contributed by atoms with van der Waals surface area (Å²) < 4.78 is 1.65. The average molecular weight is 365 g/mol. The van der Waals surface area contributed by atoms with Gasteiger partial charge in [0.2, 0.25) is 0 Å². The smallest absolute Gasteiger partial charge is 0.252 e. The van der Waals surface area contributed by atoms with Crippen LogP contribution in [0.4, 0.5) is 0 Å². The number of amides is 1. The molecule has 2 N–H and O–H groups in total. The fourth-order valence-electron chi connectivity index (χ4n) is 1.39. The van der Waals surface area contributed by atoms with Crippen LogP contribution in [-0.4, -0.2) is 23.2 Å². The lowest BCUT2D eigenvalue weighted by atomic mass is 10.0. The van der Waals surface area contributed by atoms with Gasteiger partial charge in [0, 0.05) is 21.1 Å². The molecule has 3 nitrogen and oxygen atoms in total. The normalized spacial score (nSPS) is 11.4. The van der Waals surface area contributed by atoms with E-state index in [1.165, 1.54) is 0 Å². The lowest BCUT2D eigenvalue weighted by Gasteiger charge is -2.25. The van der Waals surface area contributed by atoms with E-state index in [1.54, 1.807) is 6.07 Å². The van der Waals surface area contributed by atoms with E-state index < -0.39 is 5.54 Å². The molecule has 0 aliphatic rings. The highest BCUT2D eigenvalue weighted by Crippen LogP contribution is 2.22. The second-order valence-corrected chi connectivity index (χ2v) is 6.21. The third kappa shape index (κ3) is 4.41. The molecule has 0 unspecified atom stereocenters. The SMILES string of the molecule is CC(C)(CCO)NC(=O)c1ccc(Br)cc1Br. The highest BCUT2D eigenvalue weighted by molar-refractivity contribution is 9.11. The van der Waals surface area contributed by atoms with Crippen molar-refractivity contribution >= 4 is 37.8 Å². The van der Waals surface area contributed by atoms with Crippen LogP contribution in [0.5, 0.6) is 0 Å². The summed E-state index contributed by atoms with van der Waals surface area (Å²) >= 11 is 6.69. The van der Waals surface area contributed by atoms with Crippen LogP contribution in [0, 0.1) is 0 Å². The topological polar surface area (TPSA) is 49.3 Å². The molecule has 17 heavy (non-hydrogen) atoms. The van der Waals surface area contributed by atoms with Crippen LogP contribution >= 0.6 is 31.9 Å². The van der Waals surface area contributed by atoms with Crippen molar-refractivity contribution in [2.75, 3.05) is 6.61 Å². The van der Waals surface area contributed by atoms with Crippen molar-refractivity contribution in [1.82, 2.24) is 5.32 Å². The highest BCUT2D eigenvalue weighted by atomic mass is 79.9. The van der Waals surface area contributed by atoms with Crippen LogP contribution < -0.4 is 5.32 Å². The molecule has 0 aromatic heterocycles. The molecule has 0 fully saturated rings. The van der Waals surface area contributed by atoms with Gasteiger partial charge in [-0.15, -0.1) is 0 Å². The second-order valence-electron chi connectivity index (χ2n) is 4.44. The maximum Gasteiger partial charge on any atom is 0.252 e. The molecule has 1 rings (SSSR count). The largest absolute Gasteiger partial charge is 0.396 e. The summed E-state index contributed by atoms with van der Waals surface area (Å²) in [5.74, 6) is -0.150. The van der Waals surface area contributed by atoms with E-state index in [4.69, 9.17) is 5.11 Å². The van der Waals surface area contributed by atoms with Crippen molar-refractivity contribution < 1.29 is 9.90 Å². The molecule has 0 spiro atoms. The van der Waals surface area contributed by atoms with Crippen molar-refractivity contribution in [2.45, 2.75) is 25.8 Å². The number of aliphatic hydroxyl groups excluding tert-OH is 1. The summed E-state index contributed by atoms with van der Waals surface area (Å²) in [6, 6.07) is 5.39. The van der Waals surface area contributed by atoms with Crippen LogP contribution in [0.15, 0.2) is 27.1 Å². The number of hydrogen-bond donors (Lipinski definition) is 2. The number of aliphatic hydroxyl groups is 1. The van der Waals surface area contributed by atoms with Crippen LogP contribution in [0.2, 0.25) is 0 Å². The van der Waals surface area contributed by atoms with Crippen LogP contribution in [-0.2, 0) is 0 Å². The number of halogens is 2. The predicted octanol–water partition coefficient (Wildman–Crippen LogP) is 3.10. The Balaban J connectivity index is 2.83. The minimum atomic E-state index is -0.418. The molecule has 1 aromatic rings. The van der Waals surface area contributed by atoms with Gasteiger partial charge >= 0.3 is 0 Å². The van der Waals surface area contributed by atoms with E-state index in [9.17, 15) is 4.79 Å². The minimum Gasteiger partial charge on any atom is -0.396 e. The van der Waals surface area contributed by atoms with E-state index in [0.29, 0.717) is 12.0 Å².